The molecule has 2 aromatic heterocycles. The number of hydrogen-bond donors (Lipinski definition) is 1. The lowest BCUT2D eigenvalue weighted by Gasteiger charge is -2.07. The van der Waals surface area contributed by atoms with Gasteiger partial charge in [0.1, 0.15) is 11.5 Å². The first-order valence-electron chi connectivity index (χ1n) is 8.81. The number of furan rings is 1. The number of hydrogen-bond acceptors (Lipinski definition) is 6. The zero-order valence-corrected chi connectivity index (χ0v) is 16.7. The number of nitrogens with zero attached hydrogens (tertiary/aromatic N) is 3. The average Bonchev–Trinajstić information content (AvgIpc) is 3.26. The minimum absolute atomic E-state index is 0.109. The maximum Gasteiger partial charge on any atom is 0.387 e. The Morgan fingerprint density at radius 2 is 2.03 bits per heavy atom. The minimum Gasteiger partial charge on any atom is -0.469 e. The monoisotopic (exact) mass is 422 g/mol. The summed E-state index contributed by atoms with van der Waals surface area (Å²) >= 11 is 1.29. The number of alkyl halides is 2. The second-order valence-corrected chi connectivity index (χ2v) is 7.11. The fourth-order valence-corrected chi connectivity index (χ4v) is 3.40. The number of amides is 1. The van der Waals surface area contributed by atoms with E-state index in [1.54, 1.807) is 18.4 Å². The molecular weight excluding hydrogens is 402 g/mol. The van der Waals surface area contributed by atoms with Gasteiger partial charge in [0.15, 0.2) is 11.0 Å². The fraction of sp³-hybridized carbons (Fsp3) is 0.316. The van der Waals surface area contributed by atoms with Crippen molar-refractivity contribution in [1.82, 2.24) is 20.1 Å². The molecule has 154 valence electrons. The van der Waals surface area contributed by atoms with Gasteiger partial charge in [0.2, 0.25) is 5.91 Å². The third-order valence-corrected chi connectivity index (χ3v) is 5.17. The molecule has 0 bridgehead atoms. The first kappa shape index (κ1) is 20.8. The predicted octanol–water partition coefficient (Wildman–Crippen LogP) is 3.44. The van der Waals surface area contributed by atoms with E-state index < -0.39 is 6.61 Å². The standard InChI is InChI=1S/C19H20F2N4O3S/c1-12-15(8-10-27-12)17-23-24-19(25(17)2)29-11-16(26)22-9-7-13-3-5-14(6-4-13)28-18(20)21/h3-6,8,10,18H,7,9,11H2,1-2H3,(H,22,26). The maximum atomic E-state index is 12.1. The van der Waals surface area contributed by atoms with Crippen LogP contribution in [-0.4, -0.2) is 39.6 Å². The summed E-state index contributed by atoms with van der Waals surface area (Å²) in [6.45, 7) is -0.553. The van der Waals surface area contributed by atoms with Gasteiger partial charge in [0.05, 0.1) is 17.6 Å². The van der Waals surface area contributed by atoms with E-state index in [9.17, 15) is 13.6 Å². The number of ether oxygens (including phenoxy) is 1. The van der Waals surface area contributed by atoms with Gasteiger partial charge in [0.25, 0.3) is 0 Å². The Labute approximate surface area is 170 Å². The van der Waals surface area contributed by atoms with Gasteiger partial charge in [-0.15, -0.1) is 10.2 Å². The van der Waals surface area contributed by atoms with E-state index in [4.69, 9.17) is 4.42 Å². The second-order valence-electron chi connectivity index (χ2n) is 6.17. The molecule has 3 rings (SSSR count). The van der Waals surface area contributed by atoms with E-state index >= 15 is 0 Å². The van der Waals surface area contributed by atoms with Crippen molar-refractivity contribution in [3.8, 4) is 17.1 Å². The lowest BCUT2D eigenvalue weighted by molar-refractivity contribution is -0.118. The number of thioether (sulfide) groups is 1. The van der Waals surface area contributed by atoms with Crippen molar-refractivity contribution in [3.05, 3.63) is 47.9 Å². The predicted molar refractivity (Wildman–Crippen MR) is 104 cm³/mol. The molecule has 2 heterocycles. The molecule has 0 aliphatic heterocycles. The molecule has 3 aromatic rings. The van der Waals surface area contributed by atoms with Gasteiger partial charge >= 0.3 is 6.61 Å². The van der Waals surface area contributed by atoms with E-state index in [0.717, 1.165) is 16.9 Å². The number of aromatic nitrogens is 3. The summed E-state index contributed by atoms with van der Waals surface area (Å²) in [5.74, 6) is 1.62. The van der Waals surface area contributed by atoms with Crippen molar-refractivity contribution in [2.24, 2.45) is 7.05 Å². The molecule has 0 spiro atoms. The summed E-state index contributed by atoms with van der Waals surface area (Å²) in [5.41, 5.74) is 1.77. The summed E-state index contributed by atoms with van der Waals surface area (Å²) in [5, 5.41) is 11.8. The van der Waals surface area contributed by atoms with Crippen LogP contribution in [0.3, 0.4) is 0 Å². The largest absolute Gasteiger partial charge is 0.469 e. The first-order valence-corrected chi connectivity index (χ1v) is 9.79. The molecule has 0 fully saturated rings. The van der Waals surface area contributed by atoms with Crippen LogP contribution in [0.2, 0.25) is 0 Å². The lowest BCUT2D eigenvalue weighted by atomic mass is 10.1. The van der Waals surface area contributed by atoms with Crippen LogP contribution in [0.15, 0.2) is 46.2 Å². The molecule has 10 heteroatoms. The molecule has 7 nitrogen and oxygen atoms in total. The smallest absolute Gasteiger partial charge is 0.387 e. The third-order valence-electron chi connectivity index (χ3n) is 4.15. The highest BCUT2D eigenvalue weighted by atomic mass is 32.2. The molecule has 29 heavy (non-hydrogen) atoms. The summed E-state index contributed by atoms with van der Waals surface area (Å²) in [7, 11) is 1.84. The van der Waals surface area contributed by atoms with Crippen LogP contribution in [-0.2, 0) is 18.3 Å². The fourth-order valence-electron chi connectivity index (χ4n) is 2.66. The number of halogens is 2. The number of aryl methyl sites for hydroxylation is 1. The second kappa shape index (κ2) is 9.55. The molecule has 0 unspecified atom stereocenters. The molecule has 0 saturated heterocycles. The molecular formula is C19H20F2N4O3S. The summed E-state index contributed by atoms with van der Waals surface area (Å²) < 4.78 is 35.7. The van der Waals surface area contributed by atoms with Crippen LogP contribution >= 0.6 is 11.8 Å². The number of carbonyl (C=O) groups is 1. The van der Waals surface area contributed by atoms with Crippen molar-refractivity contribution in [1.29, 1.82) is 0 Å². The molecule has 0 radical (unpaired) electrons. The van der Waals surface area contributed by atoms with Crippen molar-refractivity contribution in [3.63, 3.8) is 0 Å². The quantitative estimate of drug-likeness (QED) is 0.532. The van der Waals surface area contributed by atoms with Gasteiger partial charge in [-0.25, -0.2) is 0 Å². The summed E-state index contributed by atoms with van der Waals surface area (Å²) in [4.78, 5) is 12.1. The number of carbonyl (C=O) groups excluding carboxylic acids is 1. The Morgan fingerprint density at radius 1 is 1.28 bits per heavy atom. The Balaban J connectivity index is 1.44. The van der Waals surface area contributed by atoms with Gasteiger partial charge in [-0.05, 0) is 37.1 Å². The molecule has 0 atom stereocenters. The summed E-state index contributed by atoms with van der Waals surface area (Å²) in [6, 6.07) is 8.17. The van der Waals surface area contributed by atoms with Crippen molar-refractivity contribution >= 4 is 17.7 Å². The highest BCUT2D eigenvalue weighted by molar-refractivity contribution is 7.99. The maximum absolute atomic E-state index is 12.1. The Kier molecular flexibility index (Phi) is 6.86. The zero-order valence-electron chi connectivity index (χ0n) is 15.9. The van der Waals surface area contributed by atoms with E-state index in [2.05, 4.69) is 20.3 Å². The van der Waals surface area contributed by atoms with Crippen molar-refractivity contribution in [2.45, 2.75) is 25.1 Å². The van der Waals surface area contributed by atoms with Crippen molar-refractivity contribution < 1.29 is 22.7 Å². The van der Waals surface area contributed by atoms with Crippen molar-refractivity contribution in [2.75, 3.05) is 12.3 Å². The van der Waals surface area contributed by atoms with Gasteiger partial charge in [-0.2, -0.15) is 8.78 Å². The third kappa shape index (κ3) is 5.57. The topological polar surface area (TPSA) is 82.2 Å². The van der Waals surface area contributed by atoms with E-state index in [1.165, 1.54) is 23.9 Å². The van der Waals surface area contributed by atoms with Crippen LogP contribution in [0.1, 0.15) is 11.3 Å². The van der Waals surface area contributed by atoms with Crippen LogP contribution in [0.25, 0.3) is 11.4 Å². The molecule has 1 N–H and O–H groups in total. The van der Waals surface area contributed by atoms with Gasteiger partial charge in [0, 0.05) is 13.6 Å². The number of rotatable bonds is 9. The Morgan fingerprint density at radius 3 is 2.69 bits per heavy atom. The molecule has 1 amide bonds. The SMILES string of the molecule is Cc1occc1-c1nnc(SCC(=O)NCCc2ccc(OC(F)F)cc2)n1C. The normalized spacial score (nSPS) is 11.1. The Hall–Kier alpha value is -2.88. The van der Waals surface area contributed by atoms with Crippen LogP contribution in [0.4, 0.5) is 8.78 Å². The molecule has 0 aliphatic carbocycles. The lowest BCUT2D eigenvalue weighted by Crippen LogP contribution is -2.27. The zero-order chi connectivity index (χ0) is 20.8. The van der Waals surface area contributed by atoms with Crippen LogP contribution in [0, 0.1) is 6.92 Å². The van der Waals surface area contributed by atoms with Crippen LogP contribution < -0.4 is 10.1 Å². The van der Waals surface area contributed by atoms with Gasteiger partial charge in [-0.3, -0.25) is 4.79 Å². The number of benzene rings is 1. The average molecular weight is 422 g/mol. The minimum atomic E-state index is -2.84. The number of nitrogens with one attached hydrogen (secondary N) is 1. The van der Waals surface area contributed by atoms with Gasteiger partial charge < -0.3 is 19.0 Å². The molecule has 1 aromatic carbocycles. The van der Waals surface area contributed by atoms with Gasteiger partial charge in [-0.1, -0.05) is 23.9 Å². The van der Waals surface area contributed by atoms with E-state index in [-0.39, 0.29) is 17.4 Å². The van der Waals surface area contributed by atoms with E-state index in [0.29, 0.717) is 23.9 Å². The van der Waals surface area contributed by atoms with E-state index in [1.807, 2.05) is 24.6 Å². The molecule has 0 saturated carbocycles. The molecule has 0 aliphatic rings. The summed E-state index contributed by atoms with van der Waals surface area (Å²) in [6.07, 6.45) is 2.18. The first-order chi connectivity index (χ1) is 13.9. The Bertz CT molecular complexity index is 957. The van der Waals surface area contributed by atoms with Crippen LogP contribution in [0.5, 0.6) is 5.75 Å². The highest BCUT2D eigenvalue weighted by Crippen LogP contribution is 2.25. The highest BCUT2D eigenvalue weighted by Gasteiger charge is 2.15.